The molecule has 3 heteroatoms. The van der Waals surface area contributed by atoms with Gasteiger partial charge in [-0.1, -0.05) is 36.4 Å². The predicted molar refractivity (Wildman–Crippen MR) is 85.6 cm³/mol. The number of hydrogen-bond donors (Lipinski definition) is 2. The standard InChI is InChI=1S/C18H20N2O/c1-13-6-2-3-10-16(13)18(21)20-12-15-8-4-7-14-9-5-11-19-17(14)15/h2-4,6-8,10,19H,5,9,11-12H2,1H3,(H,20,21). The van der Waals surface area contributed by atoms with Crippen molar-refractivity contribution >= 4 is 11.6 Å². The first-order chi connectivity index (χ1) is 10.3. The number of anilines is 1. The summed E-state index contributed by atoms with van der Waals surface area (Å²) in [5.41, 5.74) is 5.46. The minimum absolute atomic E-state index is 0.0125. The summed E-state index contributed by atoms with van der Waals surface area (Å²) in [6.07, 6.45) is 2.29. The van der Waals surface area contributed by atoms with Crippen LogP contribution in [0.25, 0.3) is 0 Å². The van der Waals surface area contributed by atoms with Crippen LogP contribution < -0.4 is 10.6 Å². The third-order valence-corrected chi connectivity index (χ3v) is 3.99. The Morgan fingerprint density at radius 2 is 2.05 bits per heavy atom. The number of para-hydroxylation sites is 1. The van der Waals surface area contributed by atoms with Gasteiger partial charge in [-0.2, -0.15) is 0 Å². The zero-order valence-corrected chi connectivity index (χ0v) is 12.3. The van der Waals surface area contributed by atoms with E-state index in [4.69, 9.17) is 0 Å². The Kier molecular flexibility index (Phi) is 3.91. The molecule has 3 rings (SSSR count). The lowest BCUT2D eigenvalue weighted by molar-refractivity contribution is 0.0950. The zero-order chi connectivity index (χ0) is 14.7. The van der Waals surface area contributed by atoms with Gasteiger partial charge in [0.2, 0.25) is 0 Å². The fourth-order valence-electron chi connectivity index (χ4n) is 2.83. The van der Waals surface area contributed by atoms with E-state index in [2.05, 4.69) is 28.8 Å². The van der Waals surface area contributed by atoms with Crippen molar-refractivity contribution in [1.82, 2.24) is 5.32 Å². The molecule has 0 aliphatic carbocycles. The molecule has 0 spiro atoms. The van der Waals surface area contributed by atoms with Gasteiger partial charge in [-0.3, -0.25) is 4.79 Å². The highest BCUT2D eigenvalue weighted by Crippen LogP contribution is 2.25. The van der Waals surface area contributed by atoms with Crippen LogP contribution in [0.1, 0.15) is 33.5 Å². The molecular formula is C18H20N2O. The van der Waals surface area contributed by atoms with Gasteiger partial charge in [-0.15, -0.1) is 0 Å². The largest absolute Gasteiger partial charge is 0.385 e. The van der Waals surface area contributed by atoms with Crippen molar-refractivity contribution in [3.63, 3.8) is 0 Å². The third kappa shape index (κ3) is 2.92. The van der Waals surface area contributed by atoms with Crippen molar-refractivity contribution in [2.75, 3.05) is 11.9 Å². The van der Waals surface area contributed by atoms with Crippen LogP contribution in [0.15, 0.2) is 42.5 Å². The molecule has 1 heterocycles. The summed E-state index contributed by atoms with van der Waals surface area (Å²) in [6, 6.07) is 14.0. The average Bonchev–Trinajstić information content (AvgIpc) is 2.53. The molecule has 1 amide bonds. The number of carbonyl (C=O) groups excluding carboxylic acids is 1. The Hall–Kier alpha value is -2.29. The number of carbonyl (C=O) groups is 1. The summed E-state index contributed by atoms with van der Waals surface area (Å²) < 4.78 is 0. The van der Waals surface area contributed by atoms with Crippen LogP contribution >= 0.6 is 0 Å². The monoisotopic (exact) mass is 280 g/mol. The van der Waals surface area contributed by atoms with E-state index < -0.39 is 0 Å². The number of aryl methyl sites for hydroxylation is 2. The lowest BCUT2D eigenvalue weighted by atomic mass is 9.99. The summed E-state index contributed by atoms with van der Waals surface area (Å²) in [6.45, 7) is 3.53. The second kappa shape index (κ2) is 6.00. The fraction of sp³-hybridized carbons (Fsp3) is 0.278. The Bertz CT molecular complexity index is 664. The van der Waals surface area contributed by atoms with Gasteiger partial charge < -0.3 is 10.6 Å². The van der Waals surface area contributed by atoms with Crippen molar-refractivity contribution in [3.05, 3.63) is 64.7 Å². The van der Waals surface area contributed by atoms with Gasteiger partial charge in [0.25, 0.3) is 5.91 Å². The van der Waals surface area contributed by atoms with Crippen LogP contribution in [-0.4, -0.2) is 12.5 Å². The molecule has 0 bridgehead atoms. The van der Waals surface area contributed by atoms with Gasteiger partial charge in [-0.25, -0.2) is 0 Å². The number of nitrogens with one attached hydrogen (secondary N) is 2. The maximum Gasteiger partial charge on any atom is 0.251 e. The maximum atomic E-state index is 12.3. The SMILES string of the molecule is Cc1ccccc1C(=O)NCc1cccc2c1NCCC2. The molecule has 1 aliphatic rings. The Balaban J connectivity index is 1.74. The smallest absolute Gasteiger partial charge is 0.251 e. The van der Waals surface area contributed by atoms with Gasteiger partial charge >= 0.3 is 0 Å². The van der Waals surface area contributed by atoms with E-state index in [1.54, 1.807) is 0 Å². The van der Waals surface area contributed by atoms with Crippen molar-refractivity contribution in [1.29, 1.82) is 0 Å². The van der Waals surface area contributed by atoms with Crippen LogP contribution in [0.2, 0.25) is 0 Å². The van der Waals surface area contributed by atoms with Crippen LogP contribution in [0.5, 0.6) is 0 Å². The summed E-state index contributed by atoms with van der Waals surface area (Å²) >= 11 is 0. The lowest BCUT2D eigenvalue weighted by Gasteiger charge is -2.21. The van der Waals surface area contributed by atoms with Gasteiger partial charge in [0, 0.05) is 24.3 Å². The quantitative estimate of drug-likeness (QED) is 0.906. The summed E-state index contributed by atoms with van der Waals surface area (Å²) in [5, 5.41) is 6.48. The van der Waals surface area contributed by atoms with E-state index in [1.807, 2.05) is 31.2 Å². The molecule has 2 aromatic rings. The highest BCUT2D eigenvalue weighted by Gasteiger charge is 2.13. The molecule has 0 fully saturated rings. The van der Waals surface area contributed by atoms with Crippen LogP contribution in [-0.2, 0) is 13.0 Å². The van der Waals surface area contributed by atoms with E-state index in [-0.39, 0.29) is 5.91 Å². The molecule has 0 radical (unpaired) electrons. The summed E-state index contributed by atoms with van der Waals surface area (Å²) in [5.74, 6) is -0.0125. The summed E-state index contributed by atoms with van der Waals surface area (Å²) in [7, 11) is 0. The Morgan fingerprint density at radius 1 is 1.19 bits per heavy atom. The highest BCUT2D eigenvalue weighted by molar-refractivity contribution is 5.95. The van der Waals surface area contributed by atoms with Gasteiger partial charge in [0.1, 0.15) is 0 Å². The normalized spacial score (nSPS) is 13.2. The first-order valence-corrected chi connectivity index (χ1v) is 7.44. The van der Waals surface area contributed by atoms with Crippen molar-refractivity contribution in [2.45, 2.75) is 26.3 Å². The molecule has 0 aromatic heterocycles. The minimum atomic E-state index is -0.0125. The number of hydrogen-bond acceptors (Lipinski definition) is 2. The Labute approximate surface area is 125 Å². The number of fused-ring (bicyclic) bond motifs is 1. The van der Waals surface area contributed by atoms with Crippen molar-refractivity contribution < 1.29 is 4.79 Å². The maximum absolute atomic E-state index is 12.3. The topological polar surface area (TPSA) is 41.1 Å². The second-order valence-electron chi connectivity index (χ2n) is 5.48. The highest BCUT2D eigenvalue weighted by atomic mass is 16.1. The summed E-state index contributed by atoms with van der Waals surface area (Å²) in [4.78, 5) is 12.3. The van der Waals surface area contributed by atoms with Crippen LogP contribution in [0, 0.1) is 6.92 Å². The minimum Gasteiger partial charge on any atom is -0.385 e. The van der Waals surface area contributed by atoms with E-state index >= 15 is 0 Å². The van der Waals surface area contributed by atoms with Crippen molar-refractivity contribution in [2.24, 2.45) is 0 Å². The van der Waals surface area contributed by atoms with Gasteiger partial charge in [-0.05, 0) is 42.5 Å². The fourth-order valence-corrected chi connectivity index (χ4v) is 2.83. The van der Waals surface area contributed by atoms with E-state index in [9.17, 15) is 4.79 Å². The Morgan fingerprint density at radius 3 is 2.90 bits per heavy atom. The molecule has 1 aliphatic heterocycles. The number of amides is 1. The molecular weight excluding hydrogens is 260 g/mol. The number of benzene rings is 2. The van der Waals surface area contributed by atoms with E-state index in [1.165, 1.54) is 17.7 Å². The average molecular weight is 280 g/mol. The first-order valence-electron chi connectivity index (χ1n) is 7.44. The molecule has 21 heavy (non-hydrogen) atoms. The molecule has 0 saturated heterocycles. The molecule has 2 aromatic carbocycles. The van der Waals surface area contributed by atoms with E-state index in [0.29, 0.717) is 6.54 Å². The molecule has 0 saturated carbocycles. The second-order valence-corrected chi connectivity index (χ2v) is 5.48. The van der Waals surface area contributed by atoms with E-state index in [0.717, 1.165) is 29.7 Å². The first kappa shape index (κ1) is 13.7. The van der Waals surface area contributed by atoms with Gasteiger partial charge in [0.15, 0.2) is 0 Å². The number of rotatable bonds is 3. The molecule has 3 nitrogen and oxygen atoms in total. The third-order valence-electron chi connectivity index (χ3n) is 3.99. The predicted octanol–water partition coefficient (Wildman–Crippen LogP) is 3.28. The molecule has 108 valence electrons. The molecule has 2 N–H and O–H groups in total. The van der Waals surface area contributed by atoms with Gasteiger partial charge in [0.05, 0.1) is 0 Å². The van der Waals surface area contributed by atoms with Crippen LogP contribution in [0.4, 0.5) is 5.69 Å². The lowest BCUT2D eigenvalue weighted by Crippen LogP contribution is -2.25. The molecule has 0 unspecified atom stereocenters. The van der Waals surface area contributed by atoms with Crippen LogP contribution in [0.3, 0.4) is 0 Å². The molecule has 0 atom stereocenters. The van der Waals surface area contributed by atoms with Crippen molar-refractivity contribution in [3.8, 4) is 0 Å². The zero-order valence-electron chi connectivity index (χ0n) is 12.3.